The number of carbonyl (C=O) groups excluding carboxylic acids is 2. The van der Waals surface area contributed by atoms with E-state index >= 15 is 0 Å². The van der Waals surface area contributed by atoms with Crippen molar-refractivity contribution in [3.63, 3.8) is 0 Å². The third-order valence-corrected chi connectivity index (χ3v) is 7.58. The molecule has 0 aliphatic carbocycles. The van der Waals surface area contributed by atoms with Gasteiger partial charge >= 0.3 is 5.97 Å². The van der Waals surface area contributed by atoms with Crippen molar-refractivity contribution < 1.29 is 27.9 Å². The zero-order chi connectivity index (χ0) is 28.7. The van der Waals surface area contributed by atoms with E-state index in [9.17, 15) is 27.9 Å². The van der Waals surface area contributed by atoms with Gasteiger partial charge in [-0.15, -0.1) is 0 Å². The third kappa shape index (κ3) is 8.10. The number of carboxylic acid groups (broad SMARTS) is 1. The van der Waals surface area contributed by atoms with Crippen molar-refractivity contribution in [3.05, 3.63) is 66.2 Å². The highest BCUT2D eigenvalue weighted by Crippen LogP contribution is 2.23. The fourth-order valence-corrected chi connectivity index (χ4v) is 5.50. The maximum Gasteiger partial charge on any atom is 0.327 e. The molecule has 214 valence electrons. The number of sulfonamides is 1. The molecule has 2 atom stereocenters. The molecule has 1 saturated heterocycles. The van der Waals surface area contributed by atoms with E-state index in [4.69, 9.17) is 0 Å². The number of imidazole rings is 1. The number of hydrogen-bond acceptors (Lipinski definition) is 7. The van der Waals surface area contributed by atoms with Gasteiger partial charge in [0.2, 0.25) is 21.8 Å². The zero-order valence-corrected chi connectivity index (χ0v) is 23.1. The van der Waals surface area contributed by atoms with Crippen LogP contribution in [0.25, 0.3) is 10.8 Å². The number of nitrogens with zero attached hydrogens (tertiary/aromatic N) is 3. The monoisotopic (exact) mass is 570 g/mol. The molecule has 1 aliphatic rings. The molecule has 1 unspecified atom stereocenters. The van der Waals surface area contributed by atoms with Crippen LogP contribution in [-0.4, -0.2) is 95.6 Å². The average Bonchev–Trinajstić information content (AvgIpc) is 3.58. The Morgan fingerprint density at radius 2 is 1.98 bits per heavy atom. The van der Waals surface area contributed by atoms with Gasteiger partial charge in [0.1, 0.15) is 6.04 Å². The Kier molecular flexibility index (Phi) is 9.50. The number of benzene rings is 2. The van der Waals surface area contributed by atoms with Crippen molar-refractivity contribution in [2.24, 2.45) is 0 Å². The Morgan fingerprint density at radius 1 is 1.20 bits per heavy atom. The van der Waals surface area contributed by atoms with E-state index in [0.717, 1.165) is 41.1 Å². The largest absolute Gasteiger partial charge is 0.480 e. The summed E-state index contributed by atoms with van der Waals surface area (Å²) in [5.41, 5.74) is 1.72. The van der Waals surface area contributed by atoms with Gasteiger partial charge in [0.05, 0.1) is 25.5 Å². The standard InChI is InChI=1S/C27H34N6O6S/c1-40(38,39)30-14-24(27(36)37)31-25(34)17-32(15-20-8-4-7-19-6-2-3-10-23(19)20)16-22-9-5-11-33(22)26(35)12-21-13-28-18-29-21/h2-4,6-8,10,13,18,22,24,30H,5,9,11-12,14-17H2,1H3,(H,28,29)(H,31,34)(H,36,37)/t22?,24-/m0/s1. The number of nitrogens with one attached hydrogen (secondary N) is 3. The minimum atomic E-state index is -3.64. The van der Waals surface area contributed by atoms with Crippen LogP contribution in [0.15, 0.2) is 55.0 Å². The summed E-state index contributed by atoms with van der Waals surface area (Å²) in [6.07, 6.45) is 5.89. The van der Waals surface area contributed by atoms with E-state index in [1.165, 1.54) is 6.33 Å². The molecule has 3 aromatic rings. The lowest BCUT2D eigenvalue weighted by atomic mass is 10.0. The fourth-order valence-electron chi connectivity index (χ4n) is 5.03. The Morgan fingerprint density at radius 3 is 2.70 bits per heavy atom. The van der Waals surface area contributed by atoms with Crippen LogP contribution in [0.5, 0.6) is 0 Å². The summed E-state index contributed by atoms with van der Waals surface area (Å²) in [7, 11) is -3.64. The van der Waals surface area contributed by atoms with Crippen molar-refractivity contribution >= 4 is 38.6 Å². The topological polar surface area (TPSA) is 165 Å². The lowest BCUT2D eigenvalue weighted by Gasteiger charge is -2.31. The van der Waals surface area contributed by atoms with Crippen molar-refractivity contribution in [2.75, 3.05) is 32.4 Å². The van der Waals surface area contributed by atoms with E-state index in [0.29, 0.717) is 19.6 Å². The lowest BCUT2D eigenvalue weighted by molar-refractivity contribution is -0.141. The highest BCUT2D eigenvalue weighted by Gasteiger charge is 2.31. The van der Waals surface area contributed by atoms with Crippen LogP contribution in [-0.2, 0) is 37.4 Å². The first-order valence-corrected chi connectivity index (χ1v) is 14.9. The number of fused-ring (bicyclic) bond motifs is 1. The molecular formula is C27H34N6O6S. The first-order chi connectivity index (χ1) is 19.1. The predicted molar refractivity (Wildman–Crippen MR) is 149 cm³/mol. The molecule has 4 N–H and O–H groups in total. The number of H-pyrrole nitrogens is 1. The maximum absolute atomic E-state index is 13.1. The average molecular weight is 571 g/mol. The molecule has 0 saturated carbocycles. The summed E-state index contributed by atoms with van der Waals surface area (Å²) in [4.78, 5) is 48.5. The third-order valence-electron chi connectivity index (χ3n) is 6.89. The van der Waals surface area contributed by atoms with E-state index < -0.39 is 34.5 Å². The van der Waals surface area contributed by atoms with Crippen molar-refractivity contribution in [1.29, 1.82) is 0 Å². The van der Waals surface area contributed by atoms with Crippen LogP contribution >= 0.6 is 0 Å². The minimum Gasteiger partial charge on any atom is -0.480 e. The molecule has 12 nitrogen and oxygen atoms in total. The lowest BCUT2D eigenvalue weighted by Crippen LogP contribution is -2.52. The number of rotatable bonds is 13. The molecule has 1 fully saturated rings. The molecule has 1 aliphatic heterocycles. The number of aromatic nitrogens is 2. The number of aliphatic carboxylic acids is 1. The summed E-state index contributed by atoms with van der Waals surface area (Å²) in [5.74, 6) is -1.94. The smallest absolute Gasteiger partial charge is 0.327 e. The second-order valence-corrected chi connectivity index (χ2v) is 11.9. The molecule has 0 radical (unpaired) electrons. The molecule has 2 amide bonds. The van der Waals surface area contributed by atoms with Crippen molar-refractivity contribution in [1.82, 2.24) is 29.8 Å². The normalized spacial score (nSPS) is 16.4. The Labute approximate surface area is 232 Å². The van der Waals surface area contributed by atoms with Crippen LogP contribution in [0.4, 0.5) is 0 Å². The number of carboxylic acids is 1. The van der Waals surface area contributed by atoms with E-state index in [-0.39, 0.29) is 24.9 Å². The van der Waals surface area contributed by atoms with Gasteiger partial charge in [0, 0.05) is 44.1 Å². The SMILES string of the molecule is CS(=O)(=O)NC[C@H](NC(=O)CN(Cc1cccc2ccccc12)CC1CCCN1C(=O)Cc1cnc[nH]1)C(=O)O. The van der Waals surface area contributed by atoms with Crippen molar-refractivity contribution in [3.8, 4) is 0 Å². The Hall–Kier alpha value is -3.81. The zero-order valence-electron chi connectivity index (χ0n) is 22.2. The molecule has 13 heteroatoms. The first kappa shape index (κ1) is 29.2. The highest BCUT2D eigenvalue weighted by atomic mass is 32.2. The van der Waals surface area contributed by atoms with Crippen LogP contribution in [0.2, 0.25) is 0 Å². The summed E-state index contributed by atoms with van der Waals surface area (Å²) < 4.78 is 25.0. The maximum atomic E-state index is 13.1. The molecule has 1 aromatic heterocycles. The van der Waals surface area contributed by atoms with Crippen LogP contribution < -0.4 is 10.0 Å². The van der Waals surface area contributed by atoms with E-state index in [1.807, 2.05) is 52.3 Å². The first-order valence-electron chi connectivity index (χ1n) is 13.0. The van der Waals surface area contributed by atoms with Crippen molar-refractivity contribution in [2.45, 2.75) is 37.9 Å². The molecule has 2 heterocycles. The number of hydrogen-bond donors (Lipinski definition) is 4. The van der Waals surface area contributed by atoms with Gasteiger partial charge < -0.3 is 20.3 Å². The molecule has 40 heavy (non-hydrogen) atoms. The quantitative estimate of drug-likeness (QED) is 0.233. The van der Waals surface area contributed by atoms with Crippen LogP contribution in [0.3, 0.4) is 0 Å². The molecule has 0 spiro atoms. The second-order valence-electron chi connectivity index (χ2n) is 10.0. The van der Waals surface area contributed by atoms with Gasteiger partial charge in [-0.3, -0.25) is 14.5 Å². The van der Waals surface area contributed by atoms with Gasteiger partial charge in [-0.25, -0.2) is 22.9 Å². The Balaban J connectivity index is 1.51. The summed E-state index contributed by atoms with van der Waals surface area (Å²) in [6.45, 7) is 0.814. The molecule has 4 rings (SSSR count). The predicted octanol–water partition coefficient (Wildman–Crippen LogP) is 0.717. The van der Waals surface area contributed by atoms with E-state index in [2.05, 4.69) is 20.0 Å². The molecule has 2 aromatic carbocycles. The fraction of sp³-hybridized carbons (Fsp3) is 0.407. The summed E-state index contributed by atoms with van der Waals surface area (Å²) in [5, 5.41) is 14.0. The van der Waals surface area contributed by atoms with Gasteiger partial charge in [-0.05, 0) is 29.2 Å². The van der Waals surface area contributed by atoms with Gasteiger partial charge in [0.25, 0.3) is 0 Å². The minimum absolute atomic E-state index is 0.0286. The van der Waals surface area contributed by atoms with Crippen LogP contribution in [0.1, 0.15) is 24.1 Å². The molecule has 0 bridgehead atoms. The summed E-state index contributed by atoms with van der Waals surface area (Å²) >= 11 is 0. The number of aromatic amines is 1. The number of amides is 2. The van der Waals surface area contributed by atoms with Gasteiger partial charge in [-0.1, -0.05) is 42.5 Å². The number of carbonyl (C=O) groups is 3. The number of likely N-dealkylation sites (tertiary alicyclic amines) is 1. The Bertz CT molecular complexity index is 1440. The van der Waals surface area contributed by atoms with Gasteiger partial charge in [-0.2, -0.15) is 0 Å². The summed E-state index contributed by atoms with van der Waals surface area (Å²) in [6, 6.07) is 12.3. The second kappa shape index (κ2) is 13.0. The van der Waals surface area contributed by atoms with Crippen LogP contribution in [0, 0.1) is 0 Å². The molecular weight excluding hydrogens is 536 g/mol. The van der Waals surface area contributed by atoms with Gasteiger partial charge in [0.15, 0.2) is 0 Å². The van der Waals surface area contributed by atoms with E-state index in [1.54, 1.807) is 6.20 Å². The highest BCUT2D eigenvalue weighted by molar-refractivity contribution is 7.88.